The number of nitrogens with zero attached hydrogens (tertiary/aromatic N) is 1. The number of para-hydroxylation sites is 1. The summed E-state index contributed by atoms with van der Waals surface area (Å²) in [6.45, 7) is 1.10. The summed E-state index contributed by atoms with van der Waals surface area (Å²) in [5.41, 5.74) is 2.00. The summed E-state index contributed by atoms with van der Waals surface area (Å²) in [5.74, 6) is 2.04. The zero-order chi connectivity index (χ0) is 18.2. The number of anilines is 3. The third kappa shape index (κ3) is 3.10. The van der Waals surface area contributed by atoms with Crippen molar-refractivity contribution >= 4 is 33.9 Å². The molecule has 0 spiro atoms. The standard InChI is InChI=1S/C20H17N3O3S/c24-17-11-14(12-6-7-15-16(10-12)26-9-8-25-15)18-19(22-17)23-20(27-18)21-13-4-2-1-3-5-13/h1-7,10,14H,8-9,11H2,(H,21,23)(H,22,24). The van der Waals surface area contributed by atoms with Crippen LogP contribution in [0, 0.1) is 0 Å². The highest BCUT2D eigenvalue weighted by molar-refractivity contribution is 7.16. The molecule has 2 aliphatic rings. The number of ether oxygens (including phenoxy) is 2. The molecule has 27 heavy (non-hydrogen) atoms. The molecule has 2 aliphatic heterocycles. The number of hydrogen-bond acceptors (Lipinski definition) is 6. The van der Waals surface area contributed by atoms with E-state index in [1.807, 2.05) is 48.5 Å². The van der Waals surface area contributed by atoms with Crippen LogP contribution in [0.25, 0.3) is 0 Å². The molecular formula is C20H17N3O3S. The Morgan fingerprint density at radius 1 is 1.07 bits per heavy atom. The average molecular weight is 379 g/mol. The molecule has 2 N–H and O–H groups in total. The van der Waals surface area contributed by atoms with Crippen molar-refractivity contribution in [1.29, 1.82) is 0 Å². The molecule has 3 aromatic rings. The van der Waals surface area contributed by atoms with Crippen LogP contribution in [0.15, 0.2) is 48.5 Å². The average Bonchev–Trinajstić information content (AvgIpc) is 3.09. The minimum absolute atomic E-state index is 0.0287. The van der Waals surface area contributed by atoms with E-state index in [1.165, 1.54) is 0 Å². The van der Waals surface area contributed by atoms with Crippen molar-refractivity contribution in [3.05, 3.63) is 59.0 Å². The van der Waals surface area contributed by atoms with E-state index in [1.54, 1.807) is 11.3 Å². The number of carbonyl (C=O) groups is 1. The Morgan fingerprint density at radius 3 is 2.74 bits per heavy atom. The second-order valence-corrected chi connectivity index (χ2v) is 7.46. The van der Waals surface area contributed by atoms with Crippen molar-refractivity contribution in [2.45, 2.75) is 12.3 Å². The summed E-state index contributed by atoms with van der Waals surface area (Å²) in [4.78, 5) is 17.9. The molecule has 136 valence electrons. The van der Waals surface area contributed by atoms with Crippen LogP contribution in [0.2, 0.25) is 0 Å². The molecule has 0 bridgehead atoms. The highest BCUT2D eigenvalue weighted by atomic mass is 32.1. The maximum Gasteiger partial charge on any atom is 0.226 e. The predicted molar refractivity (Wildman–Crippen MR) is 104 cm³/mol. The first-order valence-corrected chi connectivity index (χ1v) is 9.60. The van der Waals surface area contributed by atoms with Gasteiger partial charge in [0.15, 0.2) is 16.6 Å². The van der Waals surface area contributed by atoms with E-state index >= 15 is 0 Å². The van der Waals surface area contributed by atoms with Gasteiger partial charge in [-0.1, -0.05) is 35.6 Å². The van der Waals surface area contributed by atoms with Gasteiger partial charge in [0.25, 0.3) is 0 Å². The van der Waals surface area contributed by atoms with Gasteiger partial charge in [-0.05, 0) is 29.8 Å². The molecule has 7 heteroatoms. The number of carbonyl (C=O) groups excluding carboxylic acids is 1. The lowest BCUT2D eigenvalue weighted by atomic mass is 9.91. The van der Waals surface area contributed by atoms with Crippen molar-refractivity contribution in [3.63, 3.8) is 0 Å². The monoisotopic (exact) mass is 379 g/mol. The molecule has 1 amide bonds. The van der Waals surface area contributed by atoms with Crippen LogP contribution in [0.4, 0.5) is 16.6 Å². The Bertz CT molecular complexity index is 1000. The van der Waals surface area contributed by atoms with E-state index in [9.17, 15) is 4.79 Å². The number of hydrogen-bond donors (Lipinski definition) is 2. The first kappa shape index (κ1) is 16.1. The predicted octanol–water partition coefficient (Wildman–Crippen LogP) is 4.13. The molecule has 0 aliphatic carbocycles. The Morgan fingerprint density at radius 2 is 1.89 bits per heavy atom. The summed E-state index contributed by atoms with van der Waals surface area (Å²) >= 11 is 1.56. The fourth-order valence-electron chi connectivity index (χ4n) is 3.36. The second-order valence-electron chi connectivity index (χ2n) is 6.43. The summed E-state index contributed by atoms with van der Waals surface area (Å²) < 4.78 is 11.3. The van der Waals surface area contributed by atoms with Crippen LogP contribution in [0.1, 0.15) is 22.8 Å². The molecule has 0 radical (unpaired) electrons. The van der Waals surface area contributed by atoms with Gasteiger partial charge >= 0.3 is 0 Å². The Kier molecular flexibility index (Phi) is 3.94. The van der Waals surface area contributed by atoms with E-state index in [0.717, 1.165) is 32.8 Å². The molecule has 1 unspecified atom stereocenters. The minimum atomic E-state index is -0.0478. The van der Waals surface area contributed by atoms with Crippen molar-refractivity contribution in [1.82, 2.24) is 4.98 Å². The van der Waals surface area contributed by atoms with E-state index in [0.29, 0.717) is 25.5 Å². The molecule has 0 saturated heterocycles. The molecule has 0 fully saturated rings. The third-order valence-electron chi connectivity index (χ3n) is 4.61. The van der Waals surface area contributed by atoms with E-state index in [2.05, 4.69) is 15.6 Å². The van der Waals surface area contributed by atoms with Crippen molar-refractivity contribution in [2.24, 2.45) is 0 Å². The lowest BCUT2D eigenvalue weighted by Crippen LogP contribution is -2.23. The SMILES string of the molecule is O=C1CC(c2ccc3c(c2)OCCO3)c2sc(Nc3ccccc3)nc2N1. The summed E-state index contributed by atoms with van der Waals surface area (Å²) in [6, 6.07) is 15.8. The van der Waals surface area contributed by atoms with E-state index < -0.39 is 0 Å². The van der Waals surface area contributed by atoms with Crippen molar-refractivity contribution in [2.75, 3.05) is 23.8 Å². The maximum atomic E-state index is 12.2. The molecule has 2 aromatic carbocycles. The van der Waals surface area contributed by atoms with E-state index in [-0.39, 0.29) is 11.8 Å². The van der Waals surface area contributed by atoms with Crippen LogP contribution >= 0.6 is 11.3 Å². The summed E-state index contributed by atoms with van der Waals surface area (Å²) in [5, 5.41) is 6.96. The highest BCUT2D eigenvalue weighted by Gasteiger charge is 2.31. The van der Waals surface area contributed by atoms with Gasteiger partial charge in [-0.25, -0.2) is 4.98 Å². The molecule has 5 rings (SSSR count). The summed E-state index contributed by atoms with van der Waals surface area (Å²) in [6.07, 6.45) is 0.389. The van der Waals surface area contributed by atoms with Crippen LogP contribution in [0.3, 0.4) is 0 Å². The fourth-order valence-corrected chi connectivity index (χ4v) is 4.43. The lowest BCUT2D eigenvalue weighted by Gasteiger charge is -2.24. The van der Waals surface area contributed by atoms with Gasteiger partial charge < -0.3 is 20.1 Å². The molecule has 1 aromatic heterocycles. The van der Waals surface area contributed by atoms with Gasteiger partial charge in [0, 0.05) is 18.0 Å². The Labute approximate surface area is 160 Å². The molecule has 1 atom stereocenters. The van der Waals surface area contributed by atoms with Crippen molar-refractivity contribution < 1.29 is 14.3 Å². The normalized spacial score (nSPS) is 17.8. The number of rotatable bonds is 3. The zero-order valence-corrected chi connectivity index (χ0v) is 15.2. The van der Waals surface area contributed by atoms with Crippen LogP contribution in [-0.2, 0) is 4.79 Å². The van der Waals surface area contributed by atoms with Crippen molar-refractivity contribution in [3.8, 4) is 11.5 Å². The molecule has 3 heterocycles. The molecular weight excluding hydrogens is 362 g/mol. The molecule has 6 nitrogen and oxygen atoms in total. The first-order valence-electron chi connectivity index (χ1n) is 8.78. The number of benzene rings is 2. The number of amides is 1. The van der Waals surface area contributed by atoms with Gasteiger partial charge in [0.1, 0.15) is 19.0 Å². The lowest BCUT2D eigenvalue weighted by molar-refractivity contribution is -0.116. The topological polar surface area (TPSA) is 72.5 Å². The highest BCUT2D eigenvalue weighted by Crippen LogP contribution is 2.44. The van der Waals surface area contributed by atoms with Crippen LogP contribution in [-0.4, -0.2) is 24.1 Å². The Balaban J connectivity index is 1.49. The first-order chi connectivity index (χ1) is 13.3. The van der Waals surface area contributed by atoms with Gasteiger partial charge in [0.05, 0.1) is 4.88 Å². The zero-order valence-electron chi connectivity index (χ0n) is 14.4. The number of aromatic nitrogens is 1. The van der Waals surface area contributed by atoms with Gasteiger partial charge in [-0.3, -0.25) is 4.79 Å². The largest absolute Gasteiger partial charge is 0.486 e. The second kappa shape index (κ2) is 6.59. The van der Waals surface area contributed by atoms with E-state index in [4.69, 9.17) is 9.47 Å². The smallest absolute Gasteiger partial charge is 0.226 e. The maximum absolute atomic E-state index is 12.2. The van der Waals surface area contributed by atoms with Gasteiger partial charge in [0.2, 0.25) is 5.91 Å². The van der Waals surface area contributed by atoms with Crippen LogP contribution < -0.4 is 20.1 Å². The number of nitrogens with one attached hydrogen (secondary N) is 2. The Hall–Kier alpha value is -3.06. The molecule has 0 saturated carbocycles. The minimum Gasteiger partial charge on any atom is -0.486 e. The van der Waals surface area contributed by atoms with Gasteiger partial charge in [-0.15, -0.1) is 0 Å². The summed E-state index contributed by atoms with van der Waals surface area (Å²) in [7, 11) is 0. The fraction of sp³-hybridized carbons (Fsp3) is 0.200. The quantitative estimate of drug-likeness (QED) is 0.716. The third-order valence-corrected chi connectivity index (χ3v) is 5.70. The number of fused-ring (bicyclic) bond motifs is 2. The van der Waals surface area contributed by atoms with Gasteiger partial charge in [-0.2, -0.15) is 0 Å². The number of thiazole rings is 1. The van der Waals surface area contributed by atoms with Crippen LogP contribution in [0.5, 0.6) is 11.5 Å².